The summed E-state index contributed by atoms with van der Waals surface area (Å²) in [6.45, 7) is 0. The zero-order chi connectivity index (χ0) is 8.88. The van der Waals surface area contributed by atoms with Gasteiger partial charge in [-0.05, 0) is 0 Å². The number of likely N-dealkylation sites (tertiary alicyclic amines) is 1. The van der Waals surface area contributed by atoms with Gasteiger partial charge < -0.3 is 5.11 Å². The number of aliphatic hydroxyl groups is 1. The van der Waals surface area contributed by atoms with Crippen LogP contribution in [-0.4, -0.2) is 46.0 Å². The molecular weight excluding hydrogens is 178 g/mol. The average Bonchev–Trinajstić information content (AvgIpc) is 2.51. The Hall–Kier alpha value is -0.550. The molecule has 0 saturated carbocycles. The van der Waals surface area contributed by atoms with Crippen LogP contribution < -0.4 is 0 Å². The van der Waals surface area contributed by atoms with Crippen LogP contribution in [0, 0.1) is 5.92 Å². The lowest BCUT2D eigenvalue weighted by molar-refractivity contribution is -0.138. The van der Waals surface area contributed by atoms with Crippen LogP contribution in [0.15, 0.2) is 0 Å². The first-order valence-electron chi connectivity index (χ1n) is 3.74. The molecule has 0 unspecified atom stereocenters. The van der Waals surface area contributed by atoms with Gasteiger partial charge >= 0.3 is 0 Å². The molecule has 0 bridgehead atoms. The Bertz CT molecular complexity index is 255. The number of nitrogens with zero attached hydrogens (tertiary/aromatic N) is 1. The van der Waals surface area contributed by atoms with Gasteiger partial charge in [0.15, 0.2) is 0 Å². The maximum absolute atomic E-state index is 11.3. The summed E-state index contributed by atoms with van der Waals surface area (Å²) in [4.78, 5) is 23.8. The molecule has 0 aliphatic carbocycles. The number of aliphatic hydroxyl groups excluding tert-OH is 1. The van der Waals surface area contributed by atoms with Gasteiger partial charge in [0.05, 0.1) is 17.3 Å². The summed E-state index contributed by atoms with van der Waals surface area (Å²) < 4.78 is 0. The van der Waals surface area contributed by atoms with Crippen molar-refractivity contribution in [2.45, 2.75) is 11.4 Å². The third-order valence-electron chi connectivity index (χ3n) is 2.38. The topological polar surface area (TPSA) is 57.6 Å². The van der Waals surface area contributed by atoms with Crippen LogP contribution >= 0.6 is 11.8 Å². The van der Waals surface area contributed by atoms with E-state index in [0.29, 0.717) is 5.75 Å². The predicted molar refractivity (Wildman–Crippen MR) is 43.5 cm³/mol. The number of hydrogen-bond donors (Lipinski definition) is 1. The van der Waals surface area contributed by atoms with E-state index in [-0.39, 0.29) is 17.1 Å². The number of amides is 2. The highest BCUT2D eigenvalue weighted by Gasteiger charge is 2.53. The van der Waals surface area contributed by atoms with E-state index in [9.17, 15) is 14.7 Å². The van der Waals surface area contributed by atoms with E-state index in [2.05, 4.69) is 0 Å². The fourth-order valence-corrected chi connectivity index (χ4v) is 3.07. The number of thioether (sulfide) groups is 1. The van der Waals surface area contributed by atoms with Crippen molar-refractivity contribution in [3.8, 4) is 0 Å². The summed E-state index contributed by atoms with van der Waals surface area (Å²) >= 11 is 1.37. The van der Waals surface area contributed by atoms with Crippen molar-refractivity contribution in [3.05, 3.63) is 0 Å². The molecule has 66 valence electrons. The van der Waals surface area contributed by atoms with Gasteiger partial charge in [-0.15, -0.1) is 11.8 Å². The predicted octanol–water partition coefficient (Wildman–Crippen LogP) is -0.923. The molecule has 0 aromatic carbocycles. The van der Waals surface area contributed by atoms with Crippen LogP contribution in [0.1, 0.15) is 0 Å². The van der Waals surface area contributed by atoms with Crippen molar-refractivity contribution in [2.75, 3.05) is 12.8 Å². The minimum atomic E-state index is -0.638. The molecule has 4 nitrogen and oxygen atoms in total. The molecule has 0 radical (unpaired) electrons. The van der Waals surface area contributed by atoms with Gasteiger partial charge in [0.25, 0.3) is 0 Å². The second-order valence-corrected chi connectivity index (χ2v) is 4.26. The second kappa shape index (κ2) is 2.47. The maximum atomic E-state index is 11.3. The second-order valence-electron chi connectivity index (χ2n) is 3.08. The first-order valence-corrected chi connectivity index (χ1v) is 4.79. The molecule has 3 atom stereocenters. The molecule has 2 aliphatic heterocycles. The van der Waals surface area contributed by atoms with E-state index in [0.717, 1.165) is 4.90 Å². The molecule has 5 heteroatoms. The lowest BCUT2D eigenvalue weighted by Gasteiger charge is -2.09. The van der Waals surface area contributed by atoms with E-state index >= 15 is 0 Å². The number of imide groups is 1. The van der Waals surface area contributed by atoms with Gasteiger partial charge in [-0.1, -0.05) is 0 Å². The third-order valence-corrected chi connectivity index (χ3v) is 3.76. The molecular formula is C7H9NO3S. The number of carbonyl (C=O) groups excluding carboxylic acids is 2. The summed E-state index contributed by atoms with van der Waals surface area (Å²) in [7, 11) is 1.47. The van der Waals surface area contributed by atoms with Crippen molar-refractivity contribution in [2.24, 2.45) is 5.92 Å². The molecule has 2 aliphatic rings. The Morgan fingerprint density at radius 1 is 1.50 bits per heavy atom. The number of rotatable bonds is 0. The minimum absolute atomic E-state index is 0.161. The average molecular weight is 187 g/mol. The summed E-state index contributed by atoms with van der Waals surface area (Å²) in [5.74, 6) is -0.373. The molecule has 0 aromatic heterocycles. The van der Waals surface area contributed by atoms with Crippen LogP contribution in [0.4, 0.5) is 0 Å². The van der Waals surface area contributed by atoms with Crippen LogP contribution in [0.2, 0.25) is 0 Å². The van der Waals surface area contributed by atoms with Crippen molar-refractivity contribution < 1.29 is 14.7 Å². The zero-order valence-electron chi connectivity index (χ0n) is 6.56. The molecule has 2 heterocycles. The molecule has 12 heavy (non-hydrogen) atoms. The summed E-state index contributed by atoms with van der Waals surface area (Å²) in [5.41, 5.74) is 0. The number of hydrogen-bond acceptors (Lipinski definition) is 4. The van der Waals surface area contributed by atoms with Crippen molar-refractivity contribution in [3.63, 3.8) is 0 Å². The van der Waals surface area contributed by atoms with Gasteiger partial charge in [0.2, 0.25) is 11.8 Å². The summed E-state index contributed by atoms with van der Waals surface area (Å²) in [5, 5.41) is 9.06. The van der Waals surface area contributed by atoms with E-state index in [1.807, 2.05) is 0 Å². The molecule has 0 aromatic rings. The Kier molecular flexibility index (Phi) is 1.66. The quantitative estimate of drug-likeness (QED) is 0.498. The molecule has 2 rings (SSSR count). The van der Waals surface area contributed by atoms with Crippen LogP contribution in [0.3, 0.4) is 0 Å². The lowest BCUT2D eigenvalue weighted by atomic mass is 10.0. The Morgan fingerprint density at radius 2 is 2.17 bits per heavy atom. The van der Waals surface area contributed by atoms with Gasteiger partial charge in [-0.2, -0.15) is 0 Å². The summed E-state index contributed by atoms with van der Waals surface area (Å²) in [6, 6.07) is 0. The third kappa shape index (κ3) is 0.834. The van der Waals surface area contributed by atoms with Gasteiger partial charge in [-0.3, -0.25) is 14.5 Å². The molecule has 0 spiro atoms. The monoisotopic (exact) mass is 187 g/mol. The zero-order valence-corrected chi connectivity index (χ0v) is 7.37. The van der Waals surface area contributed by atoms with Crippen LogP contribution in [-0.2, 0) is 9.59 Å². The highest BCUT2D eigenvalue weighted by Crippen LogP contribution is 2.39. The van der Waals surface area contributed by atoms with Gasteiger partial charge in [0, 0.05) is 12.8 Å². The fraction of sp³-hybridized carbons (Fsp3) is 0.714. The van der Waals surface area contributed by atoms with Crippen molar-refractivity contribution in [1.29, 1.82) is 0 Å². The number of fused-ring (bicyclic) bond motifs is 1. The largest absolute Gasteiger partial charge is 0.391 e. The van der Waals surface area contributed by atoms with Crippen LogP contribution in [0.25, 0.3) is 0 Å². The van der Waals surface area contributed by atoms with E-state index in [1.165, 1.54) is 18.8 Å². The maximum Gasteiger partial charge on any atom is 0.242 e. The van der Waals surface area contributed by atoms with Crippen molar-refractivity contribution >= 4 is 23.6 Å². The smallest absolute Gasteiger partial charge is 0.242 e. The van der Waals surface area contributed by atoms with Gasteiger partial charge in [0.1, 0.15) is 0 Å². The first kappa shape index (κ1) is 8.07. The molecule has 2 saturated heterocycles. The highest BCUT2D eigenvalue weighted by molar-refractivity contribution is 8.01. The fourth-order valence-electron chi connectivity index (χ4n) is 1.65. The molecule has 2 amide bonds. The first-order chi connectivity index (χ1) is 5.63. The van der Waals surface area contributed by atoms with E-state index in [4.69, 9.17) is 0 Å². The number of carbonyl (C=O) groups is 2. The highest BCUT2D eigenvalue weighted by atomic mass is 32.2. The molecule has 1 N–H and O–H groups in total. The van der Waals surface area contributed by atoms with E-state index in [1.54, 1.807) is 0 Å². The normalized spacial score (nSPS) is 40.8. The molecule has 2 fully saturated rings. The SMILES string of the molecule is CN1C(=O)[C@@H]2[C@@H](O)CS[C@H]2C1=O. The van der Waals surface area contributed by atoms with Crippen molar-refractivity contribution in [1.82, 2.24) is 4.90 Å². The van der Waals surface area contributed by atoms with Gasteiger partial charge in [-0.25, -0.2) is 0 Å². The lowest BCUT2D eigenvalue weighted by Crippen LogP contribution is -2.30. The standard InChI is InChI=1S/C7H9NO3S/c1-8-6(10)4-3(9)2-12-5(4)7(8)11/h3-5,9H,2H2,1H3/t3-,4+,5+/m0/s1. The Labute approximate surface area is 73.9 Å². The summed E-state index contributed by atoms with van der Waals surface area (Å²) in [6.07, 6.45) is -0.638. The van der Waals surface area contributed by atoms with E-state index < -0.39 is 12.0 Å². The Balaban J connectivity index is 2.32. The minimum Gasteiger partial charge on any atom is -0.391 e. The van der Waals surface area contributed by atoms with Crippen LogP contribution in [0.5, 0.6) is 0 Å². The Morgan fingerprint density at radius 3 is 2.75 bits per heavy atom.